The van der Waals surface area contributed by atoms with E-state index in [0.717, 1.165) is 5.56 Å². The van der Waals surface area contributed by atoms with Gasteiger partial charge < -0.3 is 16.4 Å². The van der Waals surface area contributed by atoms with E-state index in [1.165, 1.54) is 0 Å². The van der Waals surface area contributed by atoms with Crippen LogP contribution >= 0.6 is 11.6 Å². The van der Waals surface area contributed by atoms with Crippen LogP contribution in [0.4, 0.5) is 11.4 Å². The van der Waals surface area contributed by atoms with Crippen LogP contribution in [-0.2, 0) is 4.79 Å². The summed E-state index contributed by atoms with van der Waals surface area (Å²) in [5, 5.41) is 5.94. The van der Waals surface area contributed by atoms with Crippen molar-refractivity contribution in [2.45, 2.75) is 13.3 Å². The molecule has 0 aromatic heterocycles. The zero-order valence-corrected chi connectivity index (χ0v) is 13.5. The van der Waals surface area contributed by atoms with Crippen molar-refractivity contribution in [3.05, 3.63) is 58.6 Å². The molecule has 0 saturated carbocycles. The Hall–Kier alpha value is -2.37. The van der Waals surface area contributed by atoms with E-state index in [1.54, 1.807) is 30.3 Å². The molecule has 0 aliphatic heterocycles. The molecule has 0 heterocycles. The van der Waals surface area contributed by atoms with Crippen LogP contribution in [0.25, 0.3) is 0 Å². The minimum absolute atomic E-state index is 0.192. The van der Waals surface area contributed by atoms with Crippen LogP contribution in [0.5, 0.6) is 0 Å². The van der Waals surface area contributed by atoms with Crippen molar-refractivity contribution >= 4 is 34.8 Å². The van der Waals surface area contributed by atoms with Gasteiger partial charge in [0, 0.05) is 23.6 Å². The number of amides is 2. The molecule has 0 fully saturated rings. The summed E-state index contributed by atoms with van der Waals surface area (Å²) in [5.41, 5.74) is 7.89. The fourth-order valence-corrected chi connectivity index (χ4v) is 2.14. The van der Waals surface area contributed by atoms with Crippen molar-refractivity contribution < 1.29 is 9.59 Å². The van der Waals surface area contributed by atoms with Crippen molar-refractivity contribution in [3.8, 4) is 0 Å². The van der Waals surface area contributed by atoms with Gasteiger partial charge in [0.25, 0.3) is 5.91 Å². The summed E-state index contributed by atoms with van der Waals surface area (Å²) >= 11 is 5.96. The number of benzene rings is 2. The third kappa shape index (κ3) is 4.81. The number of halogens is 1. The lowest BCUT2D eigenvalue weighted by Gasteiger charge is -2.13. The fourth-order valence-electron chi connectivity index (χ4n) is 1.97. The Kier molecular flexibility index (Phi) is 5.73. The maximum Gasteiger partial charge on any atom is 0.255 e. The summed E-state index contributed by atoms with van der Waals surface area (Å²) in [6, 6.07) is 12.1. The van der Waals surface area contributed by atoms with Gasteiger partial charge in [-0.3, -0.25) is 9.59 Å². The molecule has 120 valence electrons. The van der Waals surface area contributed by atoms with Crippen LogP contribution in [0.2, 0.25) is 5.02 Å². The Morgan fingerprint density at radius 3 is 2.39 bits per heavy atom. The van der Waals surface area contributed by atoms with Crippen LogP contribution < -0.4 is 16.4 Å². The predicted octanol–water partition coefficient (Wildman–Crippen LogP) is 3.19. The highest BCUT2D eigenvalue weighted by Crippen LogP contribution is 2.26. The molecule has 2 amide bonds. The Morgan fingerprint density at radius 2 is 1.74 bits per heavy atom. The first kappa shape index (κ1) is 17.0. The predicted molar refractivity (Wildman–Crippen MR) is 92.9 cm³/mol. The monoisotopic (exact) mass is 331 g/mol. The summed E-state index contributed by atoms with van der Waals surface area (Å²) in [7, 11) is 0. The molecule has 0 bridgehead atoms. The quantitative estimate of drug-likeness (QED) is 0.786. The Balaban J connectivity index is 2.19. The van der Waals surface area contributed by atoms with E-state index < -0.39 is 0 Å². The van der Waals surface area contributed by atoms with Crippen LogP contribution in [0.15, 0.2) is 42.5 Å². The van der Waals surface area contributed by atoms with Gasteiger partial charge in [0.15, 0.2) is 0 Å². The van der Waals surface area contributed by atoms with Gasteiger partial charge in [0.05, 0.1) is 11.4 Å². The van der Waals surface area contributed by atoms with Crippen molar-refractivity contribution in [1.29, 1.82) is 0 Å². The average Bonchev–Trinajstić information content (AvgIpc) is 2.50. The first-order chi connectivity index (χ1) is 11.0. The topological polar surface area (TPSA) is 84.2 Å². The number of carbonyl (C=O) groups is 2. The maximum atomic E-state index is 12.3. The lowest BCUT2D eigenvalue weighted by molar-refractivity contribution is -0.116. The van der Waals surface area contributed by atoms with Crippen LogP contribution in [0.1, 0.15) is 22.3 Å². The largest absolute Gasteiger partial charge is 0.330 e. The number of carbonyl (C=O) groups excluding carboxylic acids is 2. The fraction of sp³-hybridized carbons (Fsp3) is 0.176. The van der Waals surface area contributed by atoms with Crippen molar-refractivity contribution in [2.24, 2.45) is 5.73 Å². The molecule has 2 rings (SSSR count). The minimum atomic E-state index is -0.262. The lowest BCUT2D eigenvalue weighted by atomic mass is 10.1. The van der Waals surface area contributed by atoms with Crippen molar-refractivity contribution in [2.75, 3.05) is 17.2 Å². The average molecular weight is 332 g/mol. The third-order valence-electron chi connectivity index (χ3n) is 3.19. The van der Waals surface area contributed by atoms with Crippen LogP contribution in [0.3, 0.4) is 0 Å². The van der Waals surface area contributed by atoms with E-state index in [0.29, 0.717) is 22.0 Å². The minimum Gasteiger partial charge on any atom is -0.330 e. The second-order valence-corrected chi connectivity index (χ2v) is 5.53. The summed E-state index contributed by atoms with van der Waals surface area (Å²) in [4.78, 5) is 24.0. The Labute approximate surface area is 139 Å². The highest BCUT2D eigenvalue weighted by atomic mass is 35.5. The standard InChI is InChI=1S/C17H18ClN3O2/c1-11-2-4-12(5-3-11)17(23)21-14-7-6-13(18)10-15(14)20-16(22)8-9-19/h2-7,10H,8-9,19H2,1H3,(H,20,22)(H,21,23). The SMILES string of the molecule is Cc1ccc(C(=O)Nc2ccc(Cl)cc2NC(=O)CCN)cc1. The number of aryl methyl sites for hydroxylation is 1. The van der Waals surface area contributed by atoms with Crippen molar-refractivity contribution in [3.63, 3.8) is 0 Å². The zero-order valence-electron chi connectivity index (χ0n) is 12.7. The summed E-state index contributed by atoms with van der Waals surface area (Å²) in [6.45, 7) is 2.20. The van der Waals surface area contributed by atoms with Crippen LogP contribution in [-0.4, -0.2) is 18.4 Å². The highest BCUT2D eigenvalue weighted by molar-refractivity contribution is 6.31. The number of hydrogen-bond donors (Lipinski definition) is 3. The van der Waals surface area contributed by atoms with Crippen molar-refractivity contribution in [1.82, 2.24) is 0 Å². The molecule has 0 radical (unpaired) electrons. The summed E-state index contributed by atoms with van der Waals surface area (Å²) < 4.78 is 0. The van der Waals surface area contributed by atoms with E-state index in [9.17, 15) is 9.59 Å². The molecule has 0 saturated heterocycles. The first-order valence-electron chi connectivity index (χ1n) is 7.17. The smallest absolute Gasteiger partial charge is 0.255 e. The molecule has 2 aromatic rings. The molecule has 0 aliphatic carbocycles. The molecule has 2 aromatic carbocycles. The number of hydrogen-bond acceptors (Lipinski definition) is 3. The molecule has 23 heavy (non-hydrogen) atoms. The molecule has 0 atom stereocenters. The van der Waals surface area contributed by atoms with Gasteiger partial charge >= 0.3 is 0 Å². The number of anilines is 2. The molecule has 6 heteroatoms. The van der Waals surface area contributed by atoms with Crippen LogP contribution in [0, 0.1) is 6.92 Å². The Morgan fingerprint density at radius 1 is 1.04 bits per heavy atom. The van der Waals surface area contributed by atoms with Gasteiger partial charge in [-0.05, 0) is 37.3 Å². The van der Waals surface area contributed by atoms with Gasteiger partial charge in [-0.1, -0.05) is 29.3 Å². The highest BCUT2D eigenvalue weighted by Gasteiger charge is 2.11. The van der Waals surface area contributed by atoms with Gasteiger partial charge in [-0.15, -0.1) is 0 Å². The second-order valence-electron chi connectivity index (χ2n) is 5.10. The van der Waals surface area contributed by atoms with E-state index in [1.807, 2.05) is 19.1 Å². The van der Waals surface area contributed by atoms with Gasteiger partial charge in [-0.25, -0.2) is 0 Å². The van der Waals surface area contributed by atoms with Gasteiger partial charge in [-0.2, -0.15) is 0 Å². The summed E-state index contributed by atoms with van der Waals surface area (Å²) in [6.07, 6.45) is 0.192. The molecule has 0 spiro atoms. The lowest BCUT2D eigenvalue weighted by Crippen LogP contribution is -2.18. The molecule has 0 unspecified atom stereocenters. The Bertz CT molecular complexity index is 714. The molecule has 0 aliphatic rings. The normalized spacial score (nSPS) is 10.2. The second kappa shape index (κ2) is 7.76. The summed E-state index contributed by atoms with van der Waals surface area (Å²) in [5.74, 6) is -0.498. The van der Waals surface area contributed by atoms with Gasteiger partial charge in [0.1, 0.15) is 0 Å². The maximum absolute atomic E-state index is 12.3. The molecular formula is C17H18ClN3O2. The van der Waals surface area contributed by atoms with E-state index in [2.05, 4.69) is 10.6 Å². The van der Waals surface area contributed by atoms with E-state index in [-0.39, 0.29) is 24.8 Å². The molecule has 5 nitrogen and oxygen atoms in total. The third-order valence-corrected chi connectivity index (χ3v) is 3.42. The number of nitrogens with one attached hydrogen (secondary N) is 2. The molecule has 4 N–H and O–H groups in total. The molecular weight excluding hydrogens is 314 g/mol. The zero-order chi connectivity index (χ0) is 16.8. The van der Waals surface area contributed by atoms with E-state index in [4.69, 9.17) is 17.3 Å². The number of rotatable bonds is 5. The number of nitrogens with two attached hydrogens (primary N) is 1. The first-order valence-corrected chi connectivity index (χ1v) is 7.55. The van der Waals surface area contributed by atoms with Gasteiger partial charge in [0.2, 0.25) is 5.91 Å². The van der Waals surface area contributed by atoms with E-state index >= 15 is 0 Å².